The average Bonchev–Trinajstić information content (AvgIpc) is 1.97. The van der Waals surface area contributed by atoms with Crippen molar-refractivity contribution in [2.45, 2.75) is 0 Å². The monoisotopic (exact) mass is 151 g/mol. The van der Waals surface area contributed by atoms with E-state index in [2.05, 4.69) is 0 Å². The molecule has 0 saturated heterocycles. The molecule has 0 bridgehead atoms. The molecular formula is C6H13FO3. The molecule has 0 rings (SSSR count). The van der Waals surface area contributed by atoms with E-state index in [1.807, 2.05) is 0 Å². The molecule has 0 amide bonds. The molecule has 0 fully saturated rings. The summed E-state index contributed by atoms with van der Waals surface area (Å²) in [5.41, 5.74) is 0. The first kappa shape index (κ1) is 9.81. The van der Waals surface area contributed by atoms with Crippen LogP contribution in [0.2, 0.25) is 0 Å². The van der Waals surface area contributed by atoms with E-state index in [-0.39, 0.29) is 13.2 Å². The molecule has 0 aliphatic rings. The van der Waals surface area contributed by atoms with Gasteiger partial charge in [0.15, 0.2) is 0 Å². The number of rotatable bonds is 7. The zero-order chi connectivity index (χ0) is 7.66. The zero-order valence-corrected chi connectivity index (χ0v) is 5.88. The first-order valence-electron chi connectivity index (χ1n) is 3.24. The van der Waals surface area contributed by atoms with E-state index < -0.39 is 6.67 Å². The third-order valence-corrected chi connectivity index (χ3v) is 0.829. The molecule has 0 unspecified atom stereocenters. The highest BCUT2D eigenvalue weighted by atomic mass is 18.2. The van der Waals surface area contributed by atoms with E-state index in [0.29, 0.717) is 19.8 Å². The first-order valence-corrected chi connectivity index (χ1v) is 3.24. The highest BCUT2D eigenvalue weighted by molar-refractivity contribution is 4.30. The second-order valence-corrected chi connectivity index (χ2v) is 1.64. The molecule has 0 aliphatic heterocycles. The minimum absolute atomic E-state index is 0.0170. The Labute approximate surface area is 59.8 Å². The molecule has 0 saturated carbocycles. The van der Waals surface area contributed by atoms with Gasteiger partial charge in [-0.1, -0.05) is 0 Å². The largest absolute Gasteiger partial charge is 0.394 e. The molecule has 0 spiro atoms. The summed E-state index contributed by atoms with van der Waals surface area (Å²) in [6.07, 6.45) is 0. The number of hydrogen-bond acceptors (Lipinski definition) is 3. The lowest BCUT2D eigenvalue weighted by Gasteiger charge is -2.01. The Hall–Kier alpha value is -0.190. The summed E-state index contributed by atoms with van der Waals surface area (Å²) in [6.45, 7) is 0.815. The van der Waals surface area contributed by atoms with Crippen LogP contribution in [0.3, 0.4) is 0 Å². The van der Waals surface area contributed by atoms with Crippen molar-refractivity contribution in [3.05, 3.63) is 0 Å². The van der Waals surface area contributed by atoms with Crippen LogP contribution in [0, 0.1) is 0 Å². The number of aliphatic hydroxyl groups is 1. The van der Waals surface area contributed by atoms with Gasteiger partial charge in [0, 0.05) is 0 Å². The Morgan fingerprint density at radius 1 is 1.00 bits per heavy atom. The molecule has 1 N–H and O–H groups in total. The number of halogens is 1. The van der Waals surface area contributed by atoms with E-state index in [1.165, 1.54) is 0 Å². The molecule has 4 heteroatoms. The number of ether oxygens (including phenoxy) is 2. The molecule has 0 aromatic heterocycles. The third-order valence-electron chi connectivity index (χ3n) is 0.829. The van der Waals surface area contributed by atoms with Crippen LogP contribution in [0.1, 0.15) is 0 Å². The minimum Gasteiger partial charge on any atom is -0.394 e. The van der Waals surface area contributed by atoms with Gasteiger partial charge in [0.25, 0.3) is 0 Å². The summed E-state index contributed by atoms with van der Waals surface area (Å²) in [5.74, 6) is 0. The van der Waals surface area contributed by atoms with Gasteiger partial charge in [-0.3, -0.25) is 0 Å². The highest BCUT2D eigenvalue weighted by Gasteiger charge is 1.87. The fourth-order valence-corrected chi connectivity index (χ4v) is 0.441. The predicted molar refractivity (Wildman–Crippen MR) is 34.7 cm³/mol. The summed E-state index contributed by atoms with van der Waals surface area (Å²) in [5, 5.41) is 8.24. The molecule has 0 radical (unpaired) electrons. The van der Waals surface area contributed by atoms with Gasteiger partial charge in [0.1, 0.15) is 6.67 Å². The summed E-state index contributed by atoms with van der Waals surface area (Å²) in [4.78, 5) is 0. The van der Waals surface area contributed by atoms with E-state index in [1.54, 1.807) is 0 Å². The summed E-state index contributed by atoms with van der Waals surface area (Å²) in [6, 6.07) is 0. The second-order valence-electron chi connectivity index (χ2n) is 1.64. The maximum Gasteiger partial charge on any atom is 0.113 e. The number of alkyl halides is 1. The van der Waals surface area contributed by atoms with Crippen LogP contribution < -0.4 is 0 Å². The molecule has 10 heavy (non-hydrogen) atoms. The van der Waals surface area contributed by atoms with E-state index in [4.69, 9.17) is 14.6 Å². The molecule has 3 nitrogen and oxygen atoms in total. The van der Waals surface area contributed by atoms with Gasteiger partial charge in [-0.25, -0.2) is 4.39 Å². The zero-order valence-electron chi connectivity index (χ0n) is 5.88. The Morgan fingerprint density at radius 2 is 1.60 bits per heavy atom. The Kier molecular flexibility index (Phi) is 8.64. The van der Waals surface area contributed by atoms with Crippen molar-refractivity contribution >= 4 is 0 Å². The van der Waals surface area contributed by atoms with Crippen molar-refractivity contribution in [2.75, 3.05) is 39.7 Å². The quantitative estimate of drug-likeness (QED) is 0.520. The Morgan fingerprint density at radius 3 is 2.10 bits per heavy atom. The second kappa shape index (κ2) is 8.81. The van der Waals surface area contributed by atoms with E-state index in [9.17, 15) is 4.39 Å². The van der Waals surface area contributed by atoms with Gasteiger partial charge in [0.2, 0.25) is 0 Å². The molecular weight excluding hydrogens is 138 g/mol. The van der Waals surface area contributed by atoms with E-state index in [0.717, 1.165) is 0 Å². The average molecular weight is 151 g/mol. The van der Waals surface area contributed by atoms with E-state index >= 15 is 0 Å². The van der Waals surface area contributed by atoms with Crippen LogP contribution in [0.4, 0.5) is 4.39 Å². The molecule has 0 heterocycles. The van der Waals surface area contributed by atoms with Crippen LogP contribution >= 0.6 is 0 Å². The molecule has 0 aromatic rings. The van der Waals surface area contributed by atoms with Gasteiger partial charge >= 0.3 is 0 Å². The first-order chi connectivity index (χ1) is 4.91. The van der Waals surface area contributed by atoms with Crippen molar-refractivity contribution in [3.8, 4) is 0 Å². The molecule has 62 valence electrons. The van der Waals surface area contributed by atoms with Crippen molar-refractivity contribution < 1.29 is 19.0 Å². The highest BCUT2D eigenvalue weighted by Crippen LogP contribution is 1.78. The fraction of sp³-hybridized carbons (Fsp3) is 1.00. The van der Waals surface area contributed by atoms with Crippen LogP contribution in [-0.2, 0) is 9.47 Å². The lowest BCUT2D eigenvalue weighted by atomic mass is 10.7. The SMILES string of the molecule is OCCOCCOCC[18F]. The van der Waals surface area contributed by atoms with Gasteiger partial charge in [-0.2, -0.15) is 0 Å². The van der Waals surface area contributed by atoms with Crippen LogP contribution in [-0.4, -0.2) is 44.8 Å². The van der Waals surface area contributed by atoms with Gasteiger partial charge in [0.05, 0.1) is 33.0 Å². The van der Waals surface area contributed by atoms with Crippen LogP contribution in [0.15, 0.2) is 0 Å². The number of hydrogen-bond donors (Lipinski definition) is 1. The normalized spacial score (nSPS) is 10.2. The maximum absolute atomic E-state index is 11.4. The smallest absolute Gasteiger partial charge is 0.113 e. The fourth-order valence-electron chi connectivity index (χ4n) is 0.441. The topological polar surface area (TPSA) is 38.7 Å². The van der Waals surface area contributed by atoms with Gasteiger partial charge in [-0.05, 0) is 0 Å². The summed E-state index contributed by atoms with van der Waals surface area (Å²) < 4.78 is 20.9. The third kappa shape index (κ3) is 7.81. The Balaban J connectivity index is 2.65. The van der Waals surface area contributed by atoms with Gasteiger partial charge < -0.3 is 14.6 Å². The molecule has 0 aliphatic carbocycles. The summed E-state index contributed by atoms with van der Waals surface area (Å²) in [7, 11) is 0. The van der Waals surface area contributed by atoms with Crippen LogP contribution in [0.5, 0.6) is 0 Å². The molecule has 0 atom stereocenters. The summed E-state index contributed by atoms with van der Waals surface area (Å²) >= 11 is 0. The van der Waals surface area contributed by atoms with Crippen molar-refractivity contribution in [3.63, 3.8) is 0 Å². The lowest BCUT2D eigenvalue weighted by molar-refractivity contribution is 0.0295. The van der Waals surface area contributed by atoms with Crippen molar-refractivity contribution in [2.24, 2.45) is 0 Å². The van der Waals surface area contributed by atoms with Crippen molar-refractivity contribution in [1.29, 1.82) is 0 Å². The van der Waals surface area contributed by atoms with Crippen molar-refractivity contribution in [1.82, 2.24) is 0 Å². The predicted octanol–water partition coefficient (Wildman–Crippen LogP) is -0.0186. The maximum atomic E-state index is 11.4. The minimum atomic E-state index is -0.458. The standard InChI is InChI=1S/C6H13FO3/c7-1-3-9-5-6-10-4-2-8/h8H,1-6H2/i7-1. The number of aliphatic hydroxyl groups excluding tert-OH is 1. The lowest BCUT2D eigenvalue weighted by Crippen LogP contribution is -2.08. The van der Waals surface area contributed by atoms with Gasteiger partial charge in [-0.15, -0.1) is 0 Å². The Bertz CT molecular complexity index is 53.0. The molecule has 0 aromatic carbocycles. The van der Waals surface area contributed by atoms with Crippen LogP contribution in [0.25, 0.3) is 0 Å².